The Morgan fingerprint density at radius 3 is 2.92 bits per heavy atom. The number of aryl methyl sites for hydroxylation is 2. The predicted octanol–water partition coefficient (Wildman–Crippen LogP) is 2.24. The van der Waals surface area contributed by atoms with Gasteiger partial charge in [-0.1, -0.05) is 6.07 Å². The van der Waals surface area contributed by atoms with Crippen LogP contribution in [0.25, 0.3) is 11.0 Å². The van der Waals surface area contributed by atoms with Crippen molar-refractivity contribution in [2.24, 2.45) is 7.05 Å². The van der Waals surface area contributed by atoms with Gasteiger partial charge in [0.1, 0.15) is 11.0 Å². The third-order valence-corrected chi connectivity index (χ3v) is 4.27. The zero-order valence-corrected chi connectivity index (χ0v) is 14.4. The Bertz CT molecular complexity index is 859. The highest BCUT2D eigenvalue weighted by molar-refractivity contribution is 7.00. The molecule has 2 N–H and O–H groups in total. The zero-order valence-electron chi connectivity index (χ0n) is 13.6. The maximum atomic E-state index is 12.5. The lowest BCUT2D eigenvalue weighted by Gasteiger charge is -2.19. The van der Waals surface area contributed by atoms with E-state index >= 15 is 0 Å². The number of urea groups is 1. The molecule has 0 aliphatic heterocycles. The van der Waals surface area contributed by atoms with E-state index in [1.807, 2.05) is 32.2 Å². The third kappa shape index (κ3) is 3.22. The van der Waals surface area contributed by atoms with Crippen molar-refractivity contribution >= 4 is 34.5 Å². The second-order valence-corrected chi connectivity index (χ2v) is 5.90. The summed E-state index contributed by atoms with van der Waals surface area (Å²) in [7, 11) is 3.41. The van der Waals surface area contributed by atoms with Crippen molar-refractivity contribution < 1.29 is 9.53 Å². The lowest BCUT2D eigenvalue weighted by Crippen LogP contribution is -2.36. The molecular formula is C15H18N6O2S. The lowest BCUT2D eigenvalue weighted by atomic mass is 10.1. The van der Waals surface area contributed by atoms with Crippen LogP contribution in [0.3, 0.4) is 0 Å². The molecule has 126 valence electrons. The van der Waals surface area contributed by atoms with Crippen molar-refractivity contribution in [2.45, 2.75) is 13.0 Å². The van der Waals surface area contributed by atoms with Gasteiger partial charge in [-0.25, -0.2) is 4.79 Å². The first kappa shape index (κ1) is 16.3. The fourth-order valence-corrected chi connectivity index (χ4v) is 3.05. The van der Waals surface area contributed by atoms with Crippen LogP contribution in [-0.2, 0) is 11.8 Å². The fraction of sp³-hybridized carbons (Fsp3) is 0.333. The molecule has 0 bridgehead atoms. The van der Waals surface area contributed by atoms with Gasteiger partial charge in [0.05, 0.1) is 35.8 Å². The van der Waals surface area contributed by atoms with Crippen LogP contribution in [0, 0.1) is 6.92 Å². The van der Waals surface area contributed by atoms with Gasteiger partial charge in [0.25, 0.3) is 0 Å². The van der Waals surface area contributed by atoms with Crippen LogP contribution in [-0.4, -0.2) is 38.3 Å². The standard InChI is InChI=1S/C15H18N6O2S/c1-9-4-5-10-14(20-24-19-10)13(9)18-15(22)17-11(8-23-3)12-6-7-16-21(12)2/h4-7,11H,8H2,1-3H3,(H2,17,18,22)/t11-/m1/s1. The molecule has 1 aromatic carbocycles. The Morgan fingerprint density at radius 1 is 1.38 bits per heavy atom. The average molecular weight is 346 g/mol. The van der Waals surface area contributed by atoms with Crippen LogP contribution in [0.2, 0.25) is 0 Å². The van der Waals surface area contributed by atoms with Gasteiger partial charge in [0, 0.05) is 20.4 Å². The summed E-state index contributed by atoms with van der Waals surface area (Å²) < 4.78 is 15.4. The van der Waals surface area contributed by atoms with Crippen LogP contribution in [0.1, 0.15) is 17.3 Å². The van der Waals surface area contributed by atoms with Gasteiger partial charge in [-0.2, -0.15) is 13.8 Å². The summed E-state index contributed by atoms with van der Waals surface area (Å²) >= 11 is 1.12. The molecule has 0 aliphatic rings. The monoisotopic (exact) mass is 346 g/mol. The minimum Gasteiger partial charge on any atom is -0.382 e. The van der Waals surface area contributed by atoms with Gasteiger partial charge in [-0.15, -0.1) is 0 Å². The zero-order chi connectivity index (χ0) is 17.1. The number of hydrogen-bond donors (Lipinski definition) is 2. The van der Waals surface area contributed by atoms with E-state index in [9.17, 15) is 4.79 Å². The van der Waals surface area contributed by atoms with E-state index < -0.39 is 0 Å². The quantitative estimate of drug-likeness (QED) is 0.739. The number of methoxy groups -OCH3 is 1. The maximum Gasteiger partial charge on any atom is 0.319 e. The normalized spacial score (nSPS) is 12.3. The summed E-state index contributed by atoms with van der Waals surface area (Å²) in [6.07, 6.45) is 1.68. The summed E-state index contributed by atoms with van der Waals surface area (Å²) in [5.74, 6) is 0. The number of nitrogens with zero attached hydrogens (tertiary/aromatic N) is 4. The van der Waals surface area contributed by atoms with Crippen LogP contribution in [0.4, 0.5) is 10.5 Å². The molecule has 0 spiro atoms. The van der Waals surface area contributed by atoms with E-state index in [0.29, 0.717) is 17.8 Å². The van der Waals surface area contributed by atoms with Gasteiger partial charge in [-0.05, 0) is 24.6 Å². The smallest absolute Gasteiger partial charge is 0.319 e. The molecule has 2 heterocycles. The Kier molecular flexibility index (Phi) is 4.72. The highest BCUT2D eigenvalue weighted by Crippen LogP contribution is 2.25. The number of rotatable bonds is 5. The number of fused-ring (bicyclic) bond motifs is 1. The SMILES string of the molecule is COC[C@@H](NC(=O)Nc1c(C)ccc2nsnc12)c1ccnn1C. The van der Waals surface area contributed by atoms with Crippen molar-refractivity contribution in [1.29, 1.82) is 0 Å². The van der Waals surface area contributed by atoms with E-state index in [1.165, 1.54) is 0 Å². The number of nitrogens with one attached hydrogen (secondary N) is 2. The molecule has 0 unspecified atom stereocenters. The van der Waals surface area contributed by atoms with Crippen LogP contribution < -0.4 is 10.6 Å². The number of anilines is 1. The number of ether oxygens (including phenoxy) is 1. The molecule has 0 aliphatic carbocycles. The highest BCUT2D eigenvalue weighted by atomic mass is 32.1. The first-order valence-corrected chi connectivity index (χ1v) is 8.09. The number of carbonyl (C=O) groups is 1. The van der Waals surface area contributed by atoms with Gasteiger partial charge in [0.15, 0.2) is 0 Å². The molecule has 3 rings (SSSR count). The summed E-state index contributed by atoms with van der Waals surface area (Å²) in [4.78, 5) is 12.5. The van der Waals surface area contributed by atoms with Crippen molar-refractivity contribution in [1.82, 2.24) is 23.8 Å². The lowest BCUT2D eigenvalue weighted by molar-refractivity contribution is 0.165. The molecule has 0 saturated carbocycles. The molecule has 0 saturated heterocycles. The topological polar surface area (TPSA) is 94.0 Å². The van der Waals surface area contributed by atoms with Crippen molar-refractivity contribution in [3.05, 3.63) is 35.7 Å². The molecule has 2 aromatic heterocycles. The van der Waals surface area contributed by atoms with Gasteiger partial charge < -0.3 is 15.4 Å². The molecule has 1 atom stereocenters. The number of benzene rings is 1. The Balaban J connectivity index is 1.79. The molecule has 0 radical (unpaired) electrons. The predicted molar refractivity (Wildman–Crippen MR) is 92.1 cm³/mol. The Morgan fingerprint density at radius 2 is 2.21 bits per heavy atom. The maximum absolute atomic E-state index is 12.5. The minimum absolute atomic E-state index is 0.310. The highest BCUT2D eigenvalue weighted by Gasteiger charge is 2.19. The second-order valence-electron chi connectivity index (χ2n) is 5.38. The molecule has 9 heteroatoms. The molecule has 2 amide bonds. The summed E-state index contributed by atoms with van der Waals surface area (Å²) in [6, 6.07) is 5.01. The van der Waals surface area contributed by atoms with Crippen LogP contribution in [0.5, 0.6) is 0 Å². The fourth-order valence-electron chi connectivity index (χ4n) is 2.51. The van der Waals surface area contributed by atoms with Gasteiger partial charge in [-0.3, -0.25) is 4.68 Å². The van der Waals surface area contributed by atoms with Gasteiger partial charge >= 0.3 is 6.03 Å². The van der Waals surface area contributed by atoms with Crippen molar-refractivity contribution in [2.75, 3.05) is 19.0 Å². The van der Waals surface area contributed by atoms with E-state index in [4.69, 9.17) is 4.74 Å². The number of aromatic nitrogens is 4. The van der Waals surface area contributed by atoms with Crippen LogP contribution >= 0.6 is 11.7 Å². The largest absolute Gasteiger partial charge is 0.382 e. The van der Waals surface area contributed by atoms with Gasteiger partial charge in [0.2, 0.25) is 0 Å². The first-order chi connectivity index (χ1) is 11.6. The minimum atomic E-state index is -0.332. The van der Waals surface area contributed by atoms with E-state index in [-0.39, 0.29) is 12.1 Å². The first-order valence-electron chi connectivity index (χ1n) is 7.36. The molecular weight excluding hydrogens is 328 g/mol. The molecule has 3 aromatic rings. The number of amides is 2. The molecule has 24 heavy (non-hydrogen) atoms. The Labute approximate surface area is 143 Å². The van der Waals surface area contributed by atoms with E-state index in [1.54, 1.807) is 18.0 Å². The van der Waals surface area contributed by atoms with Crippen molar-refractivity contribution in [3.63, 3.8) is 0 Å². The second kappa shape index (κ2) is 6.93. The average Bonchev–Trinajstić information content (AvgIpc) is 3.18. The summed E-state index contributed by atoms with van der Waals surface area (Å²) in [5, 5.41) is 9.92. The Hall–Kier alpha value is -2.52. The van der Waals surface area contributed by atoms with Crippen molar-refractivity contribution in [3.8, 4) is 0 Å². The molecule has 0 fully saturated rings. The van der Waals surface area contributed by atoms with E-state index in [2.05, 4.69) is 24.5 Å². The van der Waals surface area contributed by atoms with E-state index in [0.717, 1.165) is 28.5 Å². The number of hydrogen-bond acceptors (Lipinski definition) is 6. The van der Waals surface area contributed by atoms with Crippen LogP contribution in [0.15, 0.2) is 24.4 Å². The third-order valence-electron chi connectivity index (χ3n) is 3.73. The summed E-state index contributed by atoms with van der Waals surface area (Å²) in [6.45, 7) is 2.26. The number of carbonyl (C=O) groups excluding carboxylic acids is 1. The summed E-state index contributed by atoms with van der Waals surface area (Å²) in [5.41, 5.74) is 3.91. The molecule has 8 nitrogen and oxygen atoms in total.